The van der Waals surface area contributed by atoms with E-state index in [1.54, 1.807) is 0 Å². The summed E-state index contributed by atoms with van der Waals surface area (Å²) in [6.07, 6.45) is 3.22. The van der Waals surface area contributed by atoms with Gasteiger partial charge in [0.15, 0.2) is 0 Å². The van der Waals surface area contributed by atoms with E-state index in [1.165, 1.54) is 11.1 Å². The van der Waals surface area contributed by atoms with Gasteiger partial charge in [0.05, 0.1) is 5.92 Å². The Labute approximate surface area is 137 Å². The van der Waals surface area contributed by atoms with Crippen molar-refractivity contribution in [2.75, 3.05) is 0 Å². The smallest absolute Gasteiger partial charge is 0.306 e. The summed E-state index contributed by atoms with van der Waals surface area (Å²) in [6, 6.07) is 18.8. The zero-order chi connectivity index (χ0) is 16.1. The third kappa shape index (κ3) is 4.20. The van der Waals surface area contributed by atoms with E-state index in [-0.39, 0.29) is 5.92 Å². The van der Waals surface area contributed by atoms with E-state index in [0.717, 1.165) is 24.9 Å². The van der Waals surface area contributed by atoms with Crippen molar-refractivity contribution < 1.29 is 9.90 Å². The van der Waals surface area contributed by atoms with Crippen LogP contribution in [0.2, 0.25) is 0 Å². The Balaban J connectivity index is 1.56. The average molecular weight is 309 g/mol. The van der Waals surface area contributed by atoms with Gasteiger partial charge in [0.25, 0.3) is 0 Å². The molecule has 2 aromatic carbocycles. The van der Waals surface area contributed by atoms with Crippen LogP contribution in [0.1, 0.15) is 29.5 Å². The lowest BCUT2D eigenvalue weighted by molar-refractivity contribution is -0.142. The van der Waals surface area contributed by atoms with Gasteiger partial charge in [-0.15, -0.1) is 0 Å². The number of carbonyl (C=O) groups is 1. The molecule has 0 aliphatic carbocycles. The van der Waals surface area contributed by atoms with Gasteiger partial charge >= 0.3 is 5.97 Å². The Morgan fingerprint density at radius 1 is 1.09 bits per heavy atom. The highest BCUT2D eigenvalue weighted by Gasteiger charge is 2.22. The number of benzene rings is 2. The Morgan fingerprint density at radius 2 is 1.78 bits per heavy atom. The zero-order valence-corrected chi connectivity index (χ0v) is 13.2. The van der Waals surface area contributed by atoms with Crippen LogP contribution in [-0.4, -0.2) is 17.1 Å². The van der Waals surface area contributed by atoms with E-state index in [0.29, 0.717) is 18.9 Å². The molecule has 3 nitrogen and oxygen atoms in total. The van der Waals surface area contributed by atoms with Gasteiger partial charge in [0.2, 0.25) is 0 Å². The van der Waals surface area contributed by atoms with Crippen molar-refractivity contribution in [1.29, 1.82) is 0 Å². The number of nitrogens with one attached hydrogen (secondary N) is 1. The molecule has 3 heteroatoms. The topological polar surface area (TPSA) is 49.3 Å². The van der Waals surface area contributed by atoms with Crippen LogP contribution in [0, 0.1) is 5.92 Å². The molecule has 0 bridgehead atoms. The fraction of sp³-hybridized carbons (Fsp3) is 0.350. The van der Waals surface area contributed by atoms with Crippen molar-refractivity contribution in [3.63, 3.8) is 0 Å². The summed E-state index contributed by atoms with van der Waals surface area (Å²) >= 11 is 0. The number of aliphatic carboxylic acids is 1. The zero-order valence-electron chi connectivity index (χ0n) is 13.2. The second-order valence-corrected chi connectivity index (χ2v) is 6.35. The molecule has 2 N–H and O–H groups in total. The van der Waals surface area contributed by atoms with E-state index in [4.69, 9.17) is 0 Å². The molecule has 0 fully saturated rings. The SMILES string of the molecule is O=C(O)[C@@H](CC[C@@H]1Cc2ccccc2CN1)Cc1ccccc1. The number of carboxylic acids is 1. The Bertz CT molecular complexity index is 654. The standard InChI is InChI=1S/C20H23NO2/c22-20(23)17(12-15-6-2-1-3-7-15)10-11-19-13-16-8-4-5-9-18(16)14-21-19/h1-9,17,19,21H,10-14H2,(H,22,23)/t17-,19+/m0/s1. The van der Waals surface area contributed by atoms with Crippen molar-refractivity contribution in [3.05, 3.63) is 71.3 Å². The molecule has 0 amide bonds. The third-order valence-electron chi connectivity index (χ3n) is 4.70. The summed E-state index contributed by atoms with van der Waals surface area (Å²) in [5.74, 6) is -0.999. The molecule has 1 aliphatic heterocycles. The van der Waals surface area contributed by atoms with E-state index in [1.807, 2.05) is 30.3 Å². The second kappa shape index (κ2) is 7.42. The van der Waals surface area contributed by atoms with Crippen LogP contribution in [0.25, 0.3) is 0 Å². The van der Waals surface area contributed by atoms with Crippen molar-refractivity contribution in [1.82, 2.24) is 5.32 Å². The Hall–Kier alpha value is -2.13. The minimum absolute atomic E-state index is 0.309. The first-order chi connectivity index (χ1) is 11.2. The molecule has 0 aromatic heterocycles. The second-order valence-electron chi connectivity index (χ2n) is 6.35. The van der Waals surface area contributed by atoms with Gasteiger partial charge in [0.1, 0.15) is 0 Å². The van der Waals surface area contributed by atoms with E-state index in [9.17, 15) is 9.90 Å². The number of hydrogen-bond donors (Lipinski definition) is 2. The molecular formula is C20H23NO2. The third-order valence-corrected chi connectivity index (χ3v) is 4.70. The molecule has 1 aliphatic rings. The highest BCUT2D eigenvalue weighted by atomic mass is 16.4. The number of carboxylic acid groups (broad SMARTS) is 1. The molecule has 0 saturated carbocycles. The van der Waals surface area contributed by atoms with Crippen molar-refractivity contribution >= 4 is 5.97 Å². The summed E-state index contributed by atoms with van der Waals surface area (Å²) < 4.78 is 0. The Morgan fingerprint density at radius 3 is 2.52 bits per heavy atom. The van der Waals surface area contributed by atoms with Crippen LogP contribution < -0.4 is 5.32 Å². The molecule has 0 radical (unpaired) electrons. The molecule has 2 aromatic rings. The van der Waals surface area contributed by atoms with Crippen LogP contribution in [0.3, 0.4) is 0 Å². The molecular weight excluding hydrogens is 286 g/mol. The summed E-state index contributed by atoms with van der Waals surface area (Å²) in [4.78, 5) is 11.6. The monoisotopic (exact) mass is 309 g/mol. The van der Waals surface area contributed by atoms with Gasteiger partial charge in [-0.25, -0.2) is 0 Å². The minimum Gasteiger partial charge on any atom is -0.481 e. The lowest BCUT2D eigenvalue weighted by atomic mass is 9.89. The van der Waals surface area contributed by atoms with E-state index < -0.39 is 5.97 Å². The lowest BCUT2D eigenvalue weighted by Crippen LogP contribution is -2.36. The summed E-state index contributed by atoms with van der Waals surface area (Å²) in [7, 11) is 0. The maximum atomic E-state index is 11.6. The predicted molar refractivity (Wildman–Crippen MR) is 91.3 cm³/mol. The highest BCUT2D eigenvalue weighted by Crippen LogP contribution is 2.21. The van der Waals surface area contributed by atoms with Crippen LogP contribution in [0.4, 0.5) is 0 Å². The molecule has 0 saturated heterocycles. The summed E-state index contributed by atoms with van der Waals surface area (Å²) in [6.45, 7) is 0.886. The van der Waals surface area contributed by atoms with Gasteiger partial charge < -0.3 is 10.4 Å². The van der Waals surface area contributed by atoms with Gasteiger partial charge in [-0.3, -0.25) is 4.79 Å². The molecule has 1 heterocycles. The minimum atomic E-state index is -0.690. The van der Waals surface area contributed by atoms with E-state index in [2.05, 4.69) is 29.6 Å². The quantitative estimate of drug-likeness (QED) is 0.859. The van der Waals surface area contributed by atoms with Gasteiger partial charge in [0, 0.05) is 12.6 Å². The van der Waals surface area contributed by atoms with Crippen molar-refractivity contribution in [3.8, 4) is 0 Å². The molecule has 0 spiro atoms. The summed E-state index contributed by atoms with van der Waals surface area (Å²) in [5.41, 5.74) is 3.86. The van der Waals surface area contributed by atoms with Gasteiger partial charge in [-0.2, -0.15) is 0 Å². The average Bonchev–Trinajstić information content (AvgIpc) is 2.59. The maximum Gasteiger partial charge on any atom is 0.306 e. The molecule has 0 unspecified atom stereocenters. The van der Waals surface area contributed by atoms with Crippen molar-refractivity contribution in [2.24, 2.45) is 5.92 Å². The maximum absolute atomic E-state index is 11.6. The molecule has 3 rings (SSSR count). The van der Waals surface area contributed by atoms with Crippen LogP contribution in [-0.2, 0) is 24.2 Å². The van der Waals surface area contributed by atoms with Crippen LogP contribution >= 0.6 is 0 Å². The van der Waals surface area contributed by atoms with Crippen LogP contribution in [0.5, 0.6) is 0 Å². The molecule has 23 heavy (non-hydrogen) atoms. The molecule has 120 valence electrons. The Kier molecular flexibility index (Phi) is 5.09. The fourth-order valence-corrected chi connectivity index (χ4v) is 3.34. The largest absolute Gasteiger partial charge is 0.481 e. The van der Waals surface area contributed by atoms with Gasteiger partial charge in [-0.1, -0.05) is 54.6 Å². The van der Waals surface area contributed by atoms with E-state index >= 15 is 0 Å². The van der Waals surface area contributed by atoms with Gasteiger partial charge in [-0.05, 0) is 42.4 Å². The fourth-order valence-electron chi connectivity index (χ4n) is 3.34. The normalized spacial score (nSPS) is 18.2. The number of fused-ring (bicyclic) bond motifs is 1. The first-order valence-corrected chi connectivity index (χ1v) is 8.29. The lowest BCUT2D eigenvalue weighted by Gasteiger charge is -2.27. The predicted octanol–water partition coefficient (Wildman–Crippen LogP) is 3.42. The number of hydrogen-bond acceptors (Lipinski definition) is 2. The summed E-state index contributed by atoms with van der Waals surface area (Å²) in [5, 5.41) is 13.0. The first-order valence-electron chi connectivity index (χ1n) is 8.29. The van der Waals surface area contributed by atoms with Crippen LogP contribution in [0.15, 0.2) is 54.6 Å². The first kappa shape index (κ1) is 15.8. The molecule has 2 atom stereocenters. The highest BCUT2D eigenvalue weighted by molar-refractivity contribution is 5.70. The number of rotatable bonds is 6. The van der Waals surface area contributed by atoms with Crippen molar-refractivity contribution in [2.45, 2.75) is 38.3 Å².